The van der Waals surface area contributed by atoms with E-state index in [1.54, 1.807) is 93.5 Å². The first kappa shape index (κ1) is 119. The standard InChI is InChI=1S/C108H187N7O17/c1-19-22-24-26-28-30-32-34-36-38-40-42-44-46-48-50-52-54-56-58-75-126-86-67-64-84(93(79-86)127-76-59-57-55-53-51-49-47-45-43-41-39-37-35-33-31-29-27-25-23-20-2)80-128-104(125)91(77-81(4)5)113-101(122)90(78-83-62-65-85(66-63-83)129-105(7,8)9)112-100(121)88(69-72-95(117)131-107(13,14)15)110-99(120)89(70-73-96(118)132-108(16,17)18)111-102(123)92-61-60-74-115(92)103(124)97(82(6)21-3)114-98(119)87(109)68-71-94(116)130-106(10,11)12/h62-67,79,81-82,87-92,97H,19-61,68-78,80,109H2,1-18H3,(H,110,120)(H,111,123)(H,112,121)(H,113,122)(H,114,119)/t82-,87-,88-,89-,90-,91-,92-,97-/m0/s1. The zero-order valence-corrected chi connectivity index (χ0v) is 86.1. The molecule has 2 aromatic carbocycles. The van der Waals surface area contributed by atoms with Crippen molar-refractivity contribution in [3.8, 4) is 17.2 Å². The molecule has 24 nitrogen and oxygen atoms in total. The van der Waals surface area contributed by atoms with Crippen LogP contribution in [0.25, 0.3) is 0 Å². The molecular weight excluding hydrogens is 1670 g/mol. The molecule has 3 rings (SSSR count). The highest BCUT2D eigenvalue weighted by Crippen LogP contribution is 2.30. The van der Waals surface area contributed by atoms with E-state index in [2.05, 4.69) is 40.4 Å². The molecule has 7 N–H and O–H groups in total. The van der Waals surface area contributed by atoms with Crippen molar-refractivity contribution in [2.24, 2.45) is 17.6 Å². The Morgan fingerprint density at radius 1 is 0.417 bits per heavy atom. The summed E-state index contributed by atoms with van der Waals surface area (Å²) in [4.78, 5) is 145. The van der Waals surface area contributed by atoms with Gasteiger partial charge < -0.3 is 70.4 Å². The quantitative estimate of drug-likeness (QED) is 0.0204. The Hall–Kier alpha value is -7.50. The van der Waals surface area contributed by atoms with Crippen molar-refractivity contribution in [3.63, 3.8) is 0 Å². The number of unbranched alkanes of at least 4 members (excludes halogenated alkanes) is 38. The van der Waals surface area contributed by atoms with E-state index < -0.39 is 143 Å². The second-order valence-corrected chi connectivity index (χ2v) is 42.0. The normalized spacial score (nSPS) is 14.7. The summed E-state index contributed by atoms with van der Waals surface area (Å²) in [5, 5.41) is 14.1. The van der Waals surface area contributed by atoms with Crippen LogP contribution in [0.3, 0.4) is 0 Å². The largest absolute Gasteiger partial charge is 0.493 e. The molecule has 0 aromatic heterocycles. The number of benzene rings is 2. The van der Waals surface area contributed by atoms with Crippen molar-refractivity contribution in [3.05, 3.63) is 53.6 Å². The maximum atomic E-state index is 15.4. The number of esters is 4. The Balaban J connectivity index is 1.92. The maximum Gasteiger partial charge on any atom is 0.328 e. The van der Waals surface area contributed by atoms with Gasteiger partial charge >= 0.3 is 23.9 Å². The van der Waals surface area contributed by atoms with E-state index in [4.69, 9.17) is 38.9 Å². The molecule has 132 heavy (non-hydrogen) atoms. The van der Waals surface area contributed by atoms with Crippen molar-refractivity contribution in [2.75, 3.05) is 19.8 Å². The fourth-order valence-electron chi connectivity index (χ4n) is 16.5. The van der Waals surface area contributed by atoms with Gasteiger partial charge in [-0.25, -0.2) is 4.79 Å². The summed E-state index contributed by atoms with van der Waals surface area (Å²) in [7, 11) is 0. The number of amides is 6. The van der Waals surface area contributed by atoms with E-state index in [0.29, 0.717) is 54.4 Å². The lowest BCUT2D eigenvalue weighted by Crippen LogP contribution is -2.60. The van der Waals surface area contributed by atoms with Crippen molar-refractivity contribution in [2.45, 2.75) is 523 Å². The van der Waals surface area contributed by atoms with Crippen LogP contribution in [-0.2, 0) is 79.9 Å². The van der Waals surface area contributed by atoms with Crippen LogP contribution < -0.4 is 46.5 Å². The van der Waals surface area contributed by atoms with Gasteiger partial charge in [0, 0.05) is 43.9 Å². The van der Waals surface area contributed by atoms with Gasteiger partial charge in [0.05, 0.1) is 19.3 Å². The predicted molar refractivity (Wildman–Crippen MR) is 530 cm³/mol. The molecule has 0 saturated carbocycles. The van der Waals surface area contributed by atoms with Crippen LogP contribution in [0.4, 0.5) is 0 Å². The fraction of sp³-hybridized carbons (Fsp3) is 0.796. The van der Waals surface area contributed by atoms with Crippen molar-refractivity contribution < 1.29 is 81.1 Å². The maximum absolute atomic E-state index is 15.4. The number of carbonyl (C=O) groups is 10. The Kier molecular flexibility index (Phi) is 60.8. The molecule has 1 fully saturated rings. The Labute approximate surface area is 799 Å². The molecule has 0 unspecified atom stereocenters. The molecular formula is C108H187N7O17. The Morgan fingerprint density at radius 3 is 1.19 bits per heavy atom. The smallest absolute Gasteiger partial charge is 0.328 e. The van der Waals surface area contributed by atoms with Gasteiger partial charge in [-0.05, 0) is 176 Å². The minimum absolute atomic E-state index is 0.0620. The lowest BCUT2D eigenvalue weighted by atomic mass is 9.96. The number of nitrogens with one attached hydrogen (secondary N) is 5. The lowest BCUT2D eigenvalue weighted by molar-refractivity contribution is -0.156. The Morgan fingerprint density at radius 2 is 0.788 bits per heavy atom. The van der Waals surface area contributed by atoms with E-state index in [1.807, 2.05) is 59.7 Å². The average Bonchev–Trinajstić information content (AvgIpc) is 1.60. The van der Waals surface area contributed by atoms with Crippen LogP contribution in [0.2, 0.25) is 0 Å². The highest BCUT2D eigenvalue weighted by atomic mass is 16.6. The fourth-order valence-corrected chi connectivity index (χ4v) is 16.5. The van der Waals surface area contributed by atoms with Crippen molar-refractivity contribution >= 4 is 59.3 Å². The molecule has 1 saturated heterocycles. The first-order valence-corrected chi connectivity index (χ1v) is 52.3. The van der Waals surface area contributed by atoms with E-state index >= 15 is 14.4 Å². The summed E-state index contributed by atoms with van der Waals surface area (Å²) in [6, 6.07) is 3.22. The third-order valence-corrected chi connectivity index (χ3v) is 24.1. The van der Waals surface area contributed by atoms with E-state index in [-0.39, 0.29) is 64.0 Å². The SMILES string of the molecule is CCCCCCCCCCCCCCCCCCCCCCOc1ccc(COC(=O)[C@H](CC(C)C)NC(=O)[C@H](Cc2ccc(OC(C)(C)C)cc2)NC(=O)[C@H](CCC(=O)OC(C)(C)C)NC(=O)[C@H](CCC(=O)OC(C)(C)C)NC(=O)[C@@H]2CCCN2C(=O)[C@@H](NC(=O)[C@@H](N)CCC(=O)OC(C)(C)C)[C@@H](C)CC)c(OCCCCCCCCCCCCCCCCCCCCCC)c1. The second kappa shape index (κ2) is 67.7. The highest BCUT2D eigenvalue weighted by molar-refractivity contribution is 5.98. The molecule has 24 heteroatoms. The number of hydrogen-bond donors (Lipinski definition) is 6. The Bertz CT molecular complexity index is 3540. The second-order valence-electron chi connectivity index (χ2n) is 42.0. The first-order chi connectivity index (χ1) is 62.7. The molecule has 0 spiro atoms. The molecule has 756 valence electrons. The number of hydrogen-bond acceptors (Lipinski definition) is 18. The number of likely N-dealkylation sites (tertiary alicyclic amines) is 1. The predicted octanol–water partition coefficient (Wildman–Crippen LogP) is 22.8. The molecule has 0 radical (unpaired) electrons. The number of carbonyl (C=O) groups excluding carboxylic acids is 10. The van der Waals surface area contributed by atoms with Crippen LogP contribution in [0.5, 0.6) is 17.2 Å². The average molecular weight is 1860 g/mol. The number of ether oxygens (including phenoxy) is 7. The zero-order valence-electron chi connectivity index (χ0n) is 86.1. The third-order valence-electron chi connectivity index (χ3n) is 24.1. The summed E-state index contributed by atoms with van der Waals surface area (Å²) in [6.07, 6.45) is 51.0. The minimum Gasteiger partial charge on any atom is -0.493 e. The third kappa shape index (κ3) is 57.4. The summed E-state index contributed by atoms with van der Waals surface area (Å²) in [5.74, 6) is -6.23. The molecule has 0 bridgehead atoms. The summed E-state index contributed by atoms with van der Waals surface area (Å²) >= 11 is 0. The number of rotatable bonds is 74. The molecule has 1 heterocycles. The number of nitrogens with zero attached hydrogens (tertiary/aromatic N) is 1. The molecule has 1 aliphatic rings. The van der Waals surface area contributed by atoms with Gasteiger partial charge in [-0.15, -0.1) is 0 Å². The minimum atomic E-state index is -1.62. The van der Waals surface area contributed by atoms with Gasteiger partial charge in [-0.2, -0.15) is 0 Å². The summed E-state index contributed by atoms with van der Waals surface area (Å²) < 4.78 is 42.0. The van der Waals surface area contributed by atoms with Crippen LogP contribution in [0.1, 0.15) is 457 Å². The summed E-state index contributed by atoms with van der Waals surface area (Å²) in [6.45, 7) is 33.9. The van der Waals surface area contributed by atoms with Gasteiger partial charge in [0.15, 0.2) is 0 Å². The molecule has 0 aliphatic carbocycles. The first-order valence-electron chi connectivity index (χ1n) is 52.3. The van der Waals surface area contributed by atoms with E-state index in [9.17, 15) is 33.6 Å². The van der Waals surface area contributed by atoms with E-state index in [1.165, 1.54) is 230 Å². The van der Waals surface area contributed by atoms with Gasteiger partial charge in [0.25, 0.3) is 0 Å². The van der Waals surface area contributed by atoms with Gasteiger partial charge in [-0.3, -0.25) is 43.2 Å². The molecule has 6 amide bonds. The van der Waals surface area contributed by atoms with Crippen LogP contribution in [0.15, 0.2) is 42.5 Å². The van der Waals surface area contributed by atoms with Gasteiger partial charge in [0.2, 0.25) is 35.4 Å². The highest BCUT2D eigenvalue weighted by Gasteiger charge is 2.42. The number of nitrogens with two attached hydrogens (primary N) is 1. The van der Waals surface area contributed by atoms with Gasteiger partial charge in [-0.1, -0.05) is 304 Å². The zero-order chi connectivity index (χ0) is 97.8. The van der Waals surface area contributed by atoms with Crippen molar-refractivity contribution in [1.29, 1.82) is 0 Å². The lowest BCUT2D eigenvalue weighted by Gasteiger charge is -2.32. The van der Waals surface area contributed by atoms with Crippen LogP contribution >= 0.6 is 0 Å². The van der Waals surface area contributed by atoms with Gasteiger partial charge in [0.1, 0.15) is 82.5 Å². The molecule has 8 atom stereocenters. The molecule has 1 aliphatic heterocycles. The monoisotopic (exact) mass is 1850 g/mol. The van der Waals surface area contributed by atoms with E-state index in [0.717, 1.165) is 32.1 Å². The topological polar surface area (TPSA) is 325 Å². The van der Waals surface area contributed by atoms with Crippen LogP contribution in [-0.4, -0.2) is 149 Å². The summed E-state index contributed by atoms with van der Waals surface area (Å²) in [5.41, 5.74) is 4.30. The van der Waals surface area contributed by atoms with Crippen LogP contribution in [0, 0.1) is 11.8 Å². The molecule has 2 aromatic rings. The van der Waals surface area contributed by atoms with Crippen molar-refractivity contribution in [1.82, 2.24) is 31.5 Å².